The molecule has 0 aliphatic carbocycles. The van der Waals surface area contributed by atoms with Gasteiger partial charge in [-0.05, 0) is 38.8 Å². The molecule has 0 radical (unpaired) electrons. The minimum Gasteiger partial charge on any atom is -0.481 e. The summed E-state index contributed by atoms with van der Waals surface area (Å²) in [5, 5.41) is 9.11. The molecule has 0 fully saturated rings. The zero-order chi connectivity index (χ0) is 19.5. The number of hydrogen-bond donors (Lipinski definition) is 1. The number of rotatable bonds is 14. The van der Waals surface area contributed by atoms with Crippen LogP contribution in [0.1, 0.15) is 40.0 Å². The second-order valence-corrected chi connectivity index (χ2v) is 10.6. The zero-order valence-corrected chi connectivity index (χ0v) is 17.7. The summed E-state index contributed by atoms with van der Waals surface area (Å²) in [4.78, 5) is 23.5. The van der Waals surface area contributed by atoms with Crippen molar-refractivity contribution < 1.29 is 28.3 Å². The molecule has 8 heteroatoms. The highest BCUT2D eigenvalue weighted by molar-refractivity contribution is 6.65. The van der Waals surface area contributed by atoms with Crippen molar-refractivity contribution in [1.29, 1.82) is 0 Å². The van der Waals surface area contributed by atoms with Gasteiger partial charge >= 0.3 is 20.5 Å². The Morgan fingerprint density at radius 3 is 2.28 bits per heavy atom. The van der Waals surface area contributed by atoms with Crippen molar-refractivity contribution in [1.82, 2.24) is 0 Å². The van der Waals surface area contributed by atoms with Crippen LogP contribution in [-0.2, 0) is 23.2 Å². The fourth-order valence-corrected chi connectivity index (χ4v) is 4.05. The fraction of sp³-hybridized carbons (Fsp3) is 0.882. The first-order chi connectivity index (χ1) is 11.7. The second kappa shape index (κ2) is 11.7. The summed E-state index contributed by atoms with van der Waals surface area (Å²) in [6.45, 7) is 8.09. The number of aliphatic carboxylic acids is 1. The summed E-state index contributed by atoms with van der Waals surface area (Å²) < 4.78 is 16.3. The number of carboxylic acid groups (broad SMARTS) is 1. The summed E-state index contributed by atoms with van der Waals surface area (Å²) in [7, 11) is 1.89. The van der Waals surface area contributed by atoms with Crippen LogP contribution in [0, 0.1) is 11.3 Å². The van der Waals surface area contributed by atoms with E-state index in [1.165, 1.54) is 0 Å². The molecule has 146 valence electrons. The van der Waals surface area contributed by atoms with E-state index >= 15 is 0 Å². The molecule has 2 unspecified atom stereocenters. The molecule has 0 saturated heterocycles. The Morgan fingerprint density at radius 2 is 1.84 bits per heavy atom. The third kappa shape index (κ3) is 8.38. The Balaban J connectivity index is 4.36. The minimum atomic E-state index is -2.12. The SMILES string of the molecule is CCC(CBCC(C)(CC)C(=O)OCCC[Si](C)(OC)OC)C(=O)O. The molecular formula is C17H35BO6Si. The van der Waals surface area contributed by atoms with Crippen molar-refractivity contribution in [3.63, 3.8) is 0 Å². The Bertz CT molecular complexity index is 416. The van der Waals surface area contributed by atoms with Crippen LogP contribution in [0.5, 0.6) is 0 Å². The van der Waals surface area contributed by atoms with Crippen molar-refractivity contribution in [3.05, 3.63) is 0 Å². The predicted molar refractivity (Wildman–Crippen MR) is 103 cm³/mol. The number of ether oxygens (including phenoxy) is 1. The highest BCUT2D eigenvalue weighted by atomic mass is 28.4. The first-order valence-electron chi connectivity index (χ1n) is 9.18. The lowest BCUT2D eigenvalue weighted by Crippen LogP contribution is -2.36. The van der Waals surface area contributed by atoms with Crippen molar-refractivity contribution in [2.45, 2.75) is 65.3 Å². The Kier molecular flexibility index (Phi) is 11.3. The standard InChI is InChI=1S/C17H35BO6Si/c1-7-14(15(19)20)12-18-13-17(3,8-2)16(21)24-10-9-11-25(6,22-4)23-5/h14,18H,7-13H2,1-6H3,(H,19,20). The quantitative estimate of drug-likeness (QED) is 0.286. The van der Waals surface area contributed by atoms with Crippen LogP contribution in [0.2, 0.25) is 25.2 Å². The van der Waals surface area contributed by atoms with Gasteiger partial charge in [-0.2, -0.15) is 0 Å². The lowest BCUT2D eigenvalue weighted by Gasteiger charge is -2.27. The largest absolute Gasteiger partial charge is 0.481 e. The zero-order valence-electron chi connectivity index (χ0n) is 16.7. The van der Waals surface area contributed by atoms with Crippen molar-refractivity contribution in [3.8, 4) is 0 Å². The molecular weight excluding hydrogens is 339 g/mol. The van der Waals surface area contributed by atoms with Gasteiger partial charge < -0.3 is 18.7 Å². The number of hydrogen-bond acceptors (Lipinski definition) is 5. The number of carbonyl (C=O) groups is 2. The molecule has 0 saturated carbocycles. The molecule has 0 spiro atoms. The first-order valence-corrected chi connectivity index (χ1v) is 11.7. The van der Waals surface area contributed by atoms with E-state index in [4.69, 9.17) is 18.7 Å². The van der Waals surface area contributed by atoms with Gasteiger partial charge in [0.15, 0.2) is 0 Å². The van der Waals surface area contributed by atoms with E-state index in [9.17, 15) is 9.59 Å². The fourth-order valence-electron chi connectivity index (χ4n) is 2.68. The van der Waals surface area contributed by atoms with Gasteiger partial charge in [0, 0.05) is 20.1 Å². The lowest BCUT2D eigenvalue weighted by atomic mass is 9.58. The predicted octanol–water partition coefficient (Wildman–Crippen LogP) is 3.08. The molecule has 6 nitrogen and oxygen atoms in total. The van der Waals surface area contributed by atoms with Gasteiger partial charge in [0.05, 0.1) is 12.0 Å². The van der Waals surface area contributed by atoms with Crippen molar-refractivity contribution in [2.75, 3.05) is 20.8 Å². The monoisotopic (exact) mass is 374 g/mol. The lowest BCUT2D eigenvalue weighted by molar-refractivity contribution is -0.154. The molecule has 0 heterocycles. The van der Waals surface area contributed by atoms with E-state index in [0.717, 1.165) is 6.04 Å². The Morgan fingerprint density at radius 1 is 1.24 bits per heavy atom. The van der Waals surface area contributed by atoms with E-state index in [1.807, 2.05) is 27.3 Å². The van der Waals surface area contributed by atoms with E-state index < -0.39 is 19.9 Å². The Hall–Kier alpha value is -0.858. The van der Waals surface area contributed by atoms with Crippen LogP contribution in [0.15, 0.2) is 0 Å². The van der Waals surface area contributed by atoms with Gasteiger partial charge in [-0.15, -0.1) is 0 Å². The second-order valence-electron chi connectivity index (χ2n) is 7.03. The third-order valence-corrected chi connectivity index (χ3v) is 8.26. The van der Waals surface area contributed by atoms with Crippen LogP contribution in [-0.4, -0.2) is 53.7 Å². The molecule has 0 rings (SSSR count). The van der Waals surface area contributed by atoms with E-state index in [2.05, 4.69) is 0 Å². The van der Waals surface area contributed by atoms with Crippen LogP contribution in [0.25, 0.3) is 0 Å². The van der Waals surface area contributed by atoms with Gasteiger partial charge in [-0.3, -0.25) is 9.59 Å². The summed E-state index contributed by atoms with van der Waals surface area (Å²) in [5.74, 6) is -1.29. The highest BCUT2D eigenvalue weighted by Crippen LogP contribution is 2.29. The minimum absolute atomic E-state index is 0.198. The van der Waals surface area contributed by atoms with Crippen molar-refractivity contribution in [2.24, 2.45) is 11.3 Å². The Labute approximate surface area is 154 Å². The summed E-state index contributed by atoms with van der Waals surface area (Å²) in [6.07, 6.45) is 3.25. The van der Waals surface area contributed by atoms with Crippen LogP contribution in [0.4, 0.5) is 0 Å². The van der Waals surface area contributed by atoms with E-state index in [1.54, 1.807) is 14.2 Å². The van der Waals surface area contributed by atoms with Gasteiger partial charge in [-0.1, -0.05) is 26.5 Å². The molecule has 0 aromatic heterocycles. The maximum atomic E-state index is 12.4. The highest BCUT2D eigenvalue weighted by Gasteiger charge is 2.34. The molecule has 2 atom stereocenters. The summed E-state index contributed by atoms with van der Waals surface area (Å²) in [6, 6.07) is 0.771. The first kappa shape index (κ1) is 24.1. The van der Waals surface area contributed by atoms with Gasteiger partial charge in [0.25, 0.3) is 0 Å². The van der Waals surface area contributed by atoms with Crippen LogP contribution >= 0.6 is 0 Å². The molecule has 0 aliphatic heterocycles. The maximum absolute atomic E-state index is 12.4. The molecule has 0 aromatic rings. The van der Waals surface area contributed by atoms with Gasteiger partial charge in [0.1, 0.15) is 7.28 Å². The normalized spacial score (nSPS) is 15.3. The number of carbonyl (C=O) groups excluding carboxylic acids is 1. The summed E-state index contributed by atoms with van der Waals surface area (Å²) in [5.41, 5.74) is -0.556. The molecule has 0 aromatic carbocycles. The van der Waals surface area contributed by atoms with Gasteiger partial charge in [0.2, 0.25) is 0 Å². The molecule has 25 heavy (non-hydrogen) atoms. The third-order valence-electron chi connectivity index (χ3n) is 5.27. The smallest absolute Gasteiger partial charge is 0.334 e. The average Bonchev–Trinajstić information content (AvgIpc) is 2.61. The topological polar surface area (TPSA) is 82.1 Å². The molecule has 0 aliphatic rings. The van der Waals surface area contributed by atoms with Crippen LogP contribution < -0.4 is 0 Å². The van der Waals surface area contributed by atoms with Gasteiger partial charge in [-0.25, -0.2) is 0 Å². The molecule has 0 bridgehead atoms. The summed E-state index contributed by atoms with van der Waals surface area (Å²) >= 11 is 0. The molecule has 1 N–H and O–H groups in total. The van der Waals surface area contributed by atoms with Crippen LogP contribution in [0.3, 0.4) is 0 Å². The number of carboxylic acids is 1. The molecule has 0 amide bonds. The average molecular weight is 374 g/mol. The maximum Gasteiger partial charge on any atom is 0.334 e. The van der Waals surface area contributed by atoms with E-state index in [0.29, 0.717) is 45.8 Å². The number of esters is 1. The van der Waals surface area contributed by atoms with E-state index in [-0.39, 0.29) is 11.9 Å². The van der Waals surface area contributed by atoms with Crippen molar-refractivity contribution >= 4 is 27.8 Å².